The van der Waals surface area contributed by atoms with E-state index in [1.54, 1.807) is 54.6 Å². The highest BCUT2D eigenvalue weighted by Gasteiger charge is 2.27. The lowest BCUT2D eigenvalue weighted by Crippen LogP contribution is -2.14. The predicted octanol–water partition coefficient (Wildman–Crippen LogP) is 10.2. The fourth-order valence-electron chi connectivity index (χ4n) is 6.64. The molecule has 0 aliphatic rings. The van der Waals surface area contributed by atoms with Gasteiger partial charge in [-0.3, -0.25) is 0 Å². The molecule has 0 radical (unpaired) electrons. The molecule has 0 saturated heterocycles. The standard InChI is InChI=1S/C17H13FO5S.C16H10BrFO4S.C16H11ClO5S/c1-10-7-13(4-5-14(10)18)24(20,21)16-9-11-8-12(22-2)3-6-15(11)23-17(16)19;1-9-6-12(3-4-13(9)18)23(20,21)15-8-10-7-11(17)2-5-14(10)22-16(15)19;1-21-12-5-6-14-10(7-12)8-15(16(18)22-14)23(19,20)13-4-2-3-11(17)9-13/h3-9H,1-2H3;2-8H,1H3;2-9H,1H3. The van der Waals surface area contributed by atoms with Gasteiger partial charge in [-0.2, -0.15) is 0 Å². The van der Waals surface area contributed by atoms with Gasteiger partial charge in [0.15, 0.2) is 14.7 Å². The van der Waals surface area contributed by atoms with Crippen molar-refractivity contribution in [2.24, 2.45) is 0 Å². The zero-order valence-electron chi connectivity index (χ0n) is 36.7. The smallest absolute Gasteiger partial charge is 0.355 e. The molecule has 0 spiro atoms. The van der Waals surface area contributed by atoms with E-state index in [4.69, 9.17) is 34.3 Å². The van der Waals surface area contributed by atoms with Crippen molar-refractivity contribution in [1.29, 1.82) is 0 Å². The van der Waals surface area contributed by atoms with Crippen LogP contribution in [-0.4, -0.2) is 39.5 Å². The van der Waals surface area contributed by atoms with Crippen molar-refractivity contribution in [3.63, 3.8) is 0 Å². The quantitative estimate of drug-likeness (QED) is 0.102. The van der Waals surface area contributed by atoms with Gasteiger partial charge in [-0.1, -0.05) is 33.6 Å². The number of rotatable bonds is 8. The Morgan fingerprint density at radius 2 is 0.843 bits per heavy atom. The Morgan fingerprint density at radius 1 is 0.471 bits per heavy atom. The first-order chi connectivity index (χ1) is 33.0. The summed E-state index contributed by atoms with van der Waals surface area (Å²) in [6.45, 7) is 2.90. The molecule has 14 nitrogen and oxygen atoms in total. The van der Waals surface area contributed by atoms with E-state index in [1.165, 1.54) is 82.7 Å². The third-order valence-corrected chi connectivity index (χ3v) is 16.3. The molecule has 0 aliphatic carbocycles. The van der Waals surface area contributed by atoms with Crippen LogP contribution < -0.4 is 26.4 Å². The second kappa shape index (κ2) is 20.2. The van der Waals surface area contributed by atoms with Crippen molar-refractivity contribution in [3.8, 4) is 11.5 Å². The summed E-state index contributed by atoms with van der Waals surface area (Å²) in [7, 11) is -9.31. The van der Waals surface area contributed by atoms with Gasteiger partial charge < -0.3 is 22.7 Å². The molecule has 0 saturated carbocycles. The number of hydrogen-bond acceptors (Lipinski definition) is 14. The fraction of sp³-hybridized carbons (Fsp3) is 0.0816. The molecular formula is C49H34BrClF2O14S3. The molecule has 3 heterocycles. The maximum atomic E-state index is 13.4. The van der Waals surface area contributed by atoms with Gasteiger partial charge in [-0.25, -0.2) is 48.4 Å². The van der Waals surface area contributed by atoms with E-state index in [1.807, 2.05) is 0 Å². The van der Waals surface area contributed by atoms with Crippen LogP contribution in [0, 0.1) is 25.5 Å². The van der Waals surface area contributed by atoms with E-state index in [-0.39, 0.29) is 47.6 Å². The van der Waals surface area contributed by atoms with Crippen molar-refractivity contribution < 1.29 is 56.8 Å². The molecule has 0 amide bonds. The van der Waals surface area contributed by atoms with Crippen LogP contribution in [-0.2, 0) is 29.5 Å². The lowest BCUT2D eigenvalue weighted by molar-refractivity contribution is 0.415. The first-order valence-electron chi connectivity index (χ1n) is 20.0. The minimum Gasteiger partial charge on any atom is -0.497 e. The number of benzene rings is 6. The van der Waals surface area contributed by atoms with Crippen LogP contribution in [0.15, 0.2) is 195 Å². The Labute approximate surface area is 410 Å². The van der Waals surface area contributed by atoms with Crippen LogP contribution >= 0.6 is 27.5 Å². The Bertz CT molecular complexity index is 4080. The number of hydrogen-bond donors (Lipinski definition) is 0. The van der Waals surface area contributed by atoms with Crippen LogP contribution in [0.3, 0.4) is 0 Å². The predicted molar refractivity (Wildman–Crippen MR) is 258 cm³/mol. The van der Waals surface area contributed by atoms with Crippen molar-refractivity contribution in [1.82, 2.24) is 0 Å². The second-order valence-corrected chi connectivity index (χ2v) is 22.1. The van der Waals surface area contributed by atoms with Crippen LogP contribution in [0.25, 0.3) is 32.9 Å². The van der Waals surface area contributed by atoms with Gasteiger partial charge in [0, 0.05) is 25.7 Å². The third-order valence-electron chi connectivity index (χ3n) is 10.3. The molecule has 3 aromatic heterocycles. The molecule has 9 rings (SSSR count). The molecule has 0 fully saturated rings. The van der Waals surface area contributed by atoms with E-state index in [2.05, 4.69) is 15.9 Å². The number of sulfone groups is 3. The molecule has 70 heavy (non-hydrogen) atoms. The average Bonchev–Trinajstić information content (AvgIpc) is 3.32. The monoisotopic (exact) mass is 1090 g/mol. The maximum Gasteiger partial charge on any atom is 0.355 e. The van der Waals surface area contributed by atoms with Gasteiger partial charge in [0.05, 0.1) is 28.9 Å². The number of fused-ring (bicyclic) bond motifs is 3. The van der Waals surface area contributed by atoms with Crippen LogP contribution in [0.5, 0.6) is 11.5 Å². The highest BCUT2D eigenvalue weighted by molar-refractivity contribution is 9.10. The third kappa shape index (κ3) is 10.6. The van der Waals surface area contributed by atoms with Crippen molar-refractivity contribution >= 4 is 90.0 Å². The SMILES string of the molecule is COc1ccc2oc(=O)c(S(=O)(=O)c3ccc(F)c(C)c3)cc2c1.COc1ccc2oc(=O)c(S(=O)(=O)c3cccc(Cl)c3)cc2c1.Cc1cc(S(=O)(=O)c2cc3cc(Br)ccc3oc2=O)ccc1F. The molecule has 0 aliphatic heterocycles. The summed E-state index contributed by atoms with van der Waals surface area (Å²) in [5.41, 5.74) is -1.70. The normalized spacial score (nSPS) is 11.7. The van der Waals surface area contributed by atoms with Gasteiger partial charge >= 0.3 is 16.9 Å². The minimum atomic E-state index is -4.13. The summed E-state index contributed by atoms with van der Waals surface area (Å²) < 4.78 is 129. The van der Waals surface area contributed by atoms with E-state index in [0.29, 0.717) is 27.7 Å². The number of ether oxygens (including phenoxy) is 2. The van der Waals surface area contributed by atoms with E-state index in [0.717, 1.165) is 28.7 Å². The van der Waals surface area contributed by atoms with Gasteiger partial charge in [0.1, 0.15) is 39.9 Å². The van der Waals surface area contributed by atoms with Gasteiger partial charge in [-0.15, -0.1) is 0 Å². The summed E-state index contributed by atoms with van der Waals surface area (Å²) in [5, 5.41) is 1.59. The Balaban J connectivity index is 0.000000155. The lowest BCUT2D eigenvalue weighted by atomic mass is 10.2. The fourth-order valence-corrected chi connectivity index (χ4v) is 11.4. The summed E-state index contributed by atoms with van der Waals surface area (Å²) in [6.07, 6.45) is 0. The topological polar surface area (TPSA) is 212 Å². The first kappa shape index (κ1) is 50.9. The van der Waals surface area contributed by atoms with E-state index >= 15 is 0 Å². The average molecular weight is 1100 g/mol. The zero-order chi connectivity index (χ0) is 50.9. The summed E-state index contributed by atoms with van der Waals surface area (Å²) in [5.74, 6) is -0.0163. The van der Waals surface area contributed by atoms with Gasteiger partial charge in [0.25, 0.3) is 0 Å². The Hall–Kier alpha value is -6.97. The molecule has 6 aromatic carbocycles. The zero-order valence-corrected chi connectivity index (χ0v) is 41.4. The second-order valence-electron chi connectivity index (χ2n) is 15.0. The molecule has 360 valence electrons. The van der Waals surface area contributed by atoms with E-state index < -0.39 is 72.7 Å². The summed E-state index contributed by atoms with van der Waals surface area (Å²) >= 11 is 9.11. The lowest BCUT2D eigenvalue weighted by Gasteiger charge is -2.07. The number of aryl methyl sites for hydroxylation is 2. The molecule has 0 unspecified atom stereocenters. The van der Waals surface area contributed by atoms with E-state index in [9.17, 15) is 48.4 Å². The van der Waals surface area contributed by atoms with Gasteiger partial charge in [-0.05, 0) is 152 Å². The Kier molecular flexibility index (Phi) is 14.7. The maximum absolute atomic E-state index is 13.4. The number of methoxy groups -OCH3 is 2. The largest absolute Gasteiger partial charge is 0.497 e. The highest BCUT2D eigenvalue weighted by atomic mass is 79.9. The van der Waals surface area contributed by atoms with Crippen molar-refractivity contribution in [2.75, 3.05) is 14.2 Å². The Morgan fingerprint density at radius 3 is 1.21 bits per heavy atom. The van der Waals surface area contributed by atoms with Crippen LogP contribution in [0.2, 0.25) is 5.02 Å². The number of halogens is 4. The molecular weight excluding hydrogens is 1060 g/mol. The molecule has 0 N–H and O–H groups in total. The van der Waals surface area contributed by atoms with Crippen molar-refractivity contribution in [3.05, 3.63) is 197 Å². The van der Waals surface area contributed by atoms with Crippen LogP contribution in [0.4, 0.5) is 8.78 Å². The molecule has 0 atom stereocenters. The van der Waals surface area contributed by atoms with Crippen LogP contribution in [0.1, 0.15) is 11.1 Å². The van der Waals surface area contributed by atoms with Gasteiger partial charge in [0.2, 0.25) is 29.5 Å². The van der Waals surface area contributed by atoms with Crippen molar-refractivity contribution in [2.45, 2.75) is 43.2 Å². The highest BCUT2D eigenvalue weighted by Crippen LogP contribution is 2.29. The summed E-state index contributed by atoms with van der Waals surface area (Å²) in [6, 6.07) is 30.5. The molecule has 21 heteroatoms. The molecule has 9 aromatic rings. The summed E-state index contributed by atoms with van der Waals surface area (Å²) in [4.78, 5) is 34.4. The first-order valence-corrected chi connectivity index (χ1v) is 25.7. The molecule has 0 bridgehead atoms. The minimum absolute atomic E-state index is 0.0699.